The Bertz CT molecular complexity index is 599. The minimum absolute atomic E-state index is 0.242. The van der Waals surface area contributed by atoms with Crippen molar-refractivity contribution in [2.24, 2.45) is 0 Å². The molecule has 18 heavy (non-hydrogen) atoms. The summed E-state index contributed by atoms with van der Waals surface area (Å²) in [7, 11) is 0. The summed E-state index contributed by atoms with van der Waals surface area (Å²) >= 11 is 0. The van der Waals surface area contributed by atoms with E-state index in [-0.39, 0.29) is 16.9 Å². The number of benzene rings is 2. The van der Waals surface area contributed by atoms with Crippen LogP contribution in [0, 0.1) is 0 Å². The van der Waals surface area contributed by atoms with Gasteiger partial charge in [-0.1, -0.05) is 12.1 Å². The van der Waals surface area contributed by atoms with Gasteiger partial charge in [-0.25, -0.2) is 0 Å². The zero-order valence-corrected chi connectivity index (χ0v) is 9.29. The molecule has 0 radical (unpaired) electrons. The lowest BCUT2D eigenvalue weighted by Crippen LogP contribution is -2.03. The molecule has 0 amide bonds. The van der Waals surface area contributed by atoms with Gasteiger partial charge >= 0.3 is 0 Å². The van der Waals surface area contributed by atoms with Gasteiger partial charge in [-0.05, 0) is 12.1 Å². The lowest BCUT2D eigenvalue weighted by molar-refractivity contribution is 0.103. The van der Waals surface area contributed by atoms with Crippen LogP contribution in [0.25, 0.3) is 0 Å². The van der Waals surface area contributed by atoms with Crippen molar-refractivity contribution < 1.29 is 20.1 Å². The van der Waals surface area contributed by atoms with Crippen molar-refractivity contribution in [2.75, 3.05) is 5.73 Å². The highest BCUT2D eigenvalue weighted by Gasteiger charge is 2.19. The van der Waals surface area contributed by atoms with E-state index >= 15 is 0 Å². The van der Waals surface area contributed by atoms with Crippen molar-refractivity contribution in [1.29, 1.82) is 0 Å². The van der Waals surface area contributed by atoms with Crippen LogP contribution >= 0.6 is 0 Å². The Labute approximate surface area is 103 Å². The fourth-order valence-electron chi connectivity index (χ4n) is 1.65. The van der Waals surface area contributed by atoms with Crippen LogP contribution in [0.15, 0.2) is 36.4 Å². The van der Waals surface area contributed by atoms with Crippen LogP contribution in [-0.2, 0) is 0 Å². The van der Waals surface area contributed by atoms with Crippen LogP contribution in [0.1, 0.15) is 15.9 Å². The van der Waals surface area contributed by atoms with Crippen LogP contribution in [0.5, 0.6) is 17.2 Å². The number of rotatable bonds is 2. The summed E-state index contributed by atoms with van der Waals surface area (Å²) in [4.78, 5) is 12.1. The number of carbonyl (C=O) groups is 1. The molecule has 2 aromatic carbocycles. The first-order valence-electron chi connectivity index (χ1n) is 5.14. The molecule has 0 fully saturated rings. The second-order valence-corrected chi connectivity index (χ2v) is 3.81. The first-order valence-corrected chi connectivity index (χ1v) is 5.14. The maximum absolute atomic E-state index is 12.1. The second kappa shape index (κ2) is 4.29. The third-order valence-corrected chi connectivity index (χ3v) is 2.46. The van der Waals surface area contributed by atoms with Crippen LogP contribution in [0.2, 0.25) is 0 Å². The van der Waals surface area contributed by atoms with E-state index in [0.29, 0.717) is 5.69 Å². The monoisotopic (exact) mass is 245 g/mol. The molecule has 0 spiro atoms. The highest BCUT2D eigenvalue weighted by atomic mass is 16.3. The van der Waals surface area contributed by atoms with E-state index in [2.05, 4.69) is 0 Å². The molecule has 0 saturated heterocycles. The summed E-state index contributed by atoms with van der Waals surface area (Å²) in [6.45, 7) is 0. The highest BCUT2D eigenvalue weighted by Crippen LogP contribution is 2.33. The van der Waals surface area contributed by atoms with Gasteiger partial charge in [0.1, 0.15) is 22.8 Å². The Balaban J connectivity index is 2.53. The van der Waals surface area contributed by atoms with Gasteiger partial charge in [0.2, 0.25) is 5.78 Å². The third-order valence-electron chi connectivity index (χ3n) is 2.46. The Morgan fingerprint density at radius 2 is 1.61 bits per heavy atom. The van der Waals surface area contributed by atoms with Gasteiger partial charge in [0.05, 0.1) is 0 Å². The molecule has 92 valence electrons. The molecular formula is C13H11NO4. The molecule has 0 aromatic heterocycles. The summed E-state index contributed by atoms with van der Waals surface area (Å²) in [5.41, 5.74) is 5.94. The normalized spacial score (nSPS) is 10.2. The molecule has 5 heteroatoms. The summed E-state index contributed by atoms with van der Waals surface area (Å²) in [5.74, 6) is -1.87. The lowest BCUT2D eigenvalue weighted by atomic mass is 10.0. The highest BCUT2D eigenvalue weighted by molar-refractivity contribution is 6.12. The summed E-state index contributed by atoms with van der Waals surface area (Å²) in [6.07, 6.45) is 0. The Morgan fingerprint density at radius 1 is 1.00 bits per heavy atom. The lowest BCUT2D eigenvalue weighted by Gasteiger charge is -2.07. The molecule has 0 aliphatic carbocycles. The number of phenolic OH excluding ortho intramolecular Hbond substituents is 3. The average molecular weight is 245 g/mol. The first kappa shape index (κ1) is 11.8. The second-order valence-electron chi connectivity index (χ2n) is 3.81. The minimum atomic E-state index is -0.572. The van der Waals surface area contributed by atoms with Crippen molar-refractivity contribution in [3.63, 3.8) is 0 Å². The maximum Gasteiger partial charge on any atom is 0.200 e. The molecule has 2 aromatic rings. The molecule has 0 unspecified atom stereocenters. The van der Waals surface area contributed by atoms with Crippen LogP contribution in [0.3, 0.4) is 0 Å². The van der Waals surface area contributed by atoms with E-state index in [0.717, 1.165) is 12.1 Å². The molecule has 0 aliphatic rings. The zero-order chi connectivity index (χ0) is 13.3. The van der Waals surface area contributed by atoms with Crippen molar-refractivity contribution in [3.05, 3.63) is 47.5 Å². The zero-order valence-electron chi connectivity index (χ0n) is 9.29. The third kappa shape index (κ3) is 2.06. The topological polar surface area (TPSA) is 104 Å². The van der Waals surface area contributed by atoms with Gasteiger partial charge < -0.3 is 21.1 Å². The van der Waals surface area contributed by atoms with E-state index in [4.69, 9.17) is 10.8 Å². The standard InChI is InChI=1S/C13H11NO4/c14-8-3-1-2-7(4-8)13(18)12-10(16)5-9(15)6-11(12)17/h1-6,15-17H,14H2. The number of ketones is 1. The Morgan fingerprint density at radius 3 is 2.17 bits per heavy atom. The average Bonchev–Trinajstić information content (AvgIpc) is 2.27. The first-order chi connectivity index (χ1) is 8.49. The largest absolute Gasteiger partial charge is 0.508 e. The quantitative estimate of drug-likeness (QED) is 0.475. The van der Waals surface area contributed by atoms with Crippen molar-refractivity contribution >= 4 is 11.5 Å². The van der Waals surface area contributed by atoms with Crippen LogP contribution in [0.4, 0.5) is 5.69 Å². The van der Waals surface area contributed by atoms with Gasteiger partial charge in [-0.3, -0.25) is 4.79 Å². The van der Waals surface area contributed by atoms with E-state index in [1.165, 1.54) is 12.1 Å². The minimum Gasteiger partial charge on any atom is -0.508 e. The van der Waals surface area contributed by atoms with Crippen LogP contribution in [-0.4, -0.2) is 21.1 Å². The summed E-state index contributed by atoms with van der Waals surface area (Å²) in [5, 5.41) is 28.4. The molecule has 2 rings (SSSR count). The van der Waals surface area contributed by atoms with Crippen molar-refractivity contribution in [2.45, 2.75) is 0 Å². The van der Waals surface area contributed by atoms with Crippen molar-refractivity contribution in [3.8, 4) is 17.2 Å². The summed E-state index contributed by atoms with van der Waals surface area (Å²) in [6, 6.07) is 8.14. The fraction of sp³-hybridized carbons (Fsp3) is 0. The predicted octanol–water partition coefficient (Wildman–Crippen LogP) is 1.62. The molecule has 0 saturated carbocycles. The van der Waals surface area contributed by atoms with Gasteiger partial charge in [0, 0.05) is 23.4 Å². The van der Waals surface area contributed by atoms with Crippen LogP contribution < -0.4 is 5.73 Å². The van der Waals surface area contributed by atoms with E-state index < -0.39 is 17.3 Å². The molecule has 0 bridgehead atoms. The van der Waals surface area contributed by atoms with Gasteiger partial charge in [0.25, 0.3) is 0 Å². The maximum atomic E-state index is 12.1. The molecule has 0 atom stereocenters. The number of aromatic hydroxyl groups is 3. The number of phenols is 3. The van der Waals surface area contributed by atoms with E-state index in [1.54, 1.807) is 12.1 Å². The molecular weight excluding hydrogens is 234 g/mol. The van der Waals surface area contributed by atoms with Crippen molar-refractivity contribution in [1.82, 2.24) is 0 Å². The number of carbonyl (C=O) groups excluding carboxylic acids is 1. The smallest absolute Gasteiger partial charge is 0.200 e. The number of hydrogen-bond donors (Lipinski definition) is 4. The number of nitrogen functional groups attached to an aromatic ring is 1. The predicted molar refractivity (Wildman–Crippen MR) is 65.7 cm³/mol. The molecule has 0 aliphatic heterocycles. The SMILES string of the molecule is Nc1cccc(C(=O)c2c(O)cc(O)cc2O)c1. The Hall–Kier alpha value is -2.69. The number of hydrogen-bond acceptors (Lipinski definition) is 5. The molecule has 0 heterocycles. The Kier molecular flexibility index (Phi) is 2.81. The molecule has 5 N–H and O–H groups in total. The van der Waals surface area contributed by atoms with Gasteiger partial charge in [0.15, 0.2) is 0 Å². The van der Waals surface area contributed by atoms with E-state index in [1.807, 2.05) is 0 Å². The van der Waals surface area contributed by atoms with Gasteiger partial charge in [-0.2, -0.15) is 0 Å². The number of anilines is 1. The summed E-state index contributed by atoms with van der Waals surface area (Å²) < 4.78 is 0. The van der Waals surface area contributed by atoms with E-state index in [9.17, 15) is 15.0 Å². The molecule has 5 nitrogen and oxygen atoms in total. The number of nitrogens with two attached hydrogens (primary N) is 1. The fourth-order valence-corrected chi connectivity index (χ4v) is 1.65. The van der Waals surface area contributed by atoms with Gasteiger partial charge in [-0.15, -0.1) is 0 Å².